The van der Waals surface area contributed by atoms with Gasteiger partial charge in [0, 0.05) is 30.9 Å². The van der Waals surface area contributed by atoms with Crippen LogP contribution in [0.25, 0.3) is 0 Å². The average molecular weight is 261 g/mol. The molecule has 0 fully saturated rings. The summed E-state index contributed by atoms with van der Waals surface area (Å²) in [5, 5.41) is 11.4. The molecule has 1 amide bonds. The van der Waals surface area contributed by atoms with Gasteiger partial charge in [-0.3, -0.25) is 9.48 Å². The first-order valence-electron chi connectivity index (χ1n) is 6.12. The first-order valence-corrected chi connectivity index (χ1v) is 7.06. The molecule has 0 saturated heterocycles. The highest BCUT2D eigenvalue weighted by molar-refractivity contribution is 7.07. The molecule has 18 heavy (non-hydrogen) atoms. The highest BCUT2D eigenvalue weighted by Crippen LogP contribution is 2.14. The molecule has 0 unspecified atom stereocenters. The molecule has 1 atom stereocenters. The number of rotatable bonds is 3. The van der Waals surface area contributed by atoms with Crippen LogP contribution in [0.5, 0.6) is 0 Å². The summed E-state index contributed by atoms with van der Waals surface area (Å²) in [6.45, 7) is 0.895. The topological polar surface area (TPSA) is 46.9 Å². The van der Waals surface area contributed by atoms with Crippen molar-refractivity contribution in [2.75, 3.05) is 0 Å². The molecular weight excluding hydrogens is 246 g/mol. The van der Waals surface area contributed by atoms with Crippen LogP contribution in [0.1, 0.15) is 17.7 Å². The number of carbonyl (C=O) groups excluding carboxylic acids is 1. The Kier molecular flexibility index (Phi) is 3.15. The molecule has 3 rings (SSSR count). The summed E-state index contributed by atoms with van der Waals surface area (Å²) in [4.78, 5) is 11.9. The monoisotopic (exact) mass is 261 g/mol. The van der Waals surface area contributed by atoms with Crippen LogP contribution >= 0.6 is 11.3 Å². The zero-order chi connectivity index (χ0) is 12.4. The lowest BCUT2D eigenvalue weighted by molar-refractivity contribution is -0.121. The molecule has 1 N–H and O–H groups in total. The van der Waals surface area contributed by atoms with Crippen LogP contribution in [0.3, 0.4) is 0 Å². The number of hydrogen-bond acceptors (Lipinski definition) is 3. The first kappa shape index (κ1) is 11.5. The van der Waals surface area contributed by atoms with Crippen LogP contribution in [0.4, 0.5) is 0 Å². The number of aryl methyl sites for hydroxylation is 1. The Morgan fingerprint density at radius 3 is 3.33 bits per heavy atom. The quantitative estimate of drug-likeness (QED) is 0.912. The van der Waals surface area contributed by atoms with E-state index >= 15 is 0 Å². The minimum atomic E-state index is 0.117. The molecule has 2 aromatic rings. The third-order valence-corrected chi connectivity index (χ3v) is 3.99. The van der Waals surface area contributed by atoms with Crippen molar-refractivity contribution in [3.63, 3.8) is 0 Å². The normalized spacial score (nSPS) is 18.3. The van der Waals surface area contributed by atoms with Gasteiger partial charge in [0.1, 0.15) is 0 Å². The fourth-order valence-electron chi connectivity index (χ4n) is 2.35. The van der Waals surface area contributed by atoms with Gasteiger partial charge in [-0.2, -0.15) is 16.4 Å². The molecule has 3 heterocycles. The summed E-state index contributed by atoms with van der Waals surface area (Å²) >= 11 is 1.63. The molecule has 1 aliphatic rings. The molecule has 2 aromatic heterocycles. The van der Waals surface area contributed by atoms with Crippen molar-refractivity contribution in [2.24, 2.45) is 0 Å². The maximum absolute atomic E-state index is 11.9. The van der Waals surface area contributed by atoms with E-state index in [0.717, 1.165) is 24.9 Å². The van der Waals surface area contributed by atoms with E-state index in [1.807, 2.05) is 33.8 Å². The summed E-state index contributed by atoms with van der Waals surface area (Å²) in [6, 6.07) is 4.28. The van der Waals surface area contributed by atoms with E-state index in [1.165, 1.54) is 5.69 Å². The molecule has 1 aliphatic heterocycles. The molecule has 0 aliphatic carbocycles. The van der Waals surface area contributed by atoms with Crippen molar-refractivity contribution in [1.29, 1.82) is 0 Å². The summed E-state index contributed by atoms with van der Waals surface area (Å²) in [5.74, 6) is 0.117. The Labute approximate surface area is 110 Å². The summed E-state index contributed by atoms with van der Waals surface area (Å²) in [6.07, 6.45) is 4.16. The molecule has 0 radical (unpaired) electrons. The van der Waals surface area contributed by atoms with Gasteiger partial charge in [0.2, 0.25) is 5.91 Å². The molecule has 94 valence electrons. The van der Waals surface area contributed by atoms with Gasteiger partial charge in [-0.05, 0) is 34.9 Å². The van der Waals surface area contributed by atoms with Crippen molar-refractivity contribution in [2.45, 2.75) is 31.8 Å². The number of nitrogens with zero attached hydrogens (tertiary/aromatic N) is 2. The standard InChI is InChI=1S/C13H15N3OS/c17-13(7-10-3-6-18-9-10)15-11-2-5-16-12(8-11)1-4-14-16/h1,3-4,6,9,11H,2,5,7-8H2,(H,15,17)/t11-/m1/s1. The summed E-state index contributed by atoms with van der Waals surface area (Å²) in [5.41, 5.74) is 2.31. The number of fused-ring (bicyclic) bond motifs is 1. The van der Waals surface area contributed by atoms with Crippen LogP contribution in [0, 0.1) is 0 Å². The third kappa shape index (κ3) is 2.46. The minimum Gasteiger partial charge on any atom is -0.353 e. The van der Waals surface area contributed by atoms with Gasteiger partial charge in [-0.15, -0.1) is 0 Å². The van der Waals surface area contributed by atoms with Crippen molar-refractivity contribution in [3.05, 3.63) is 40.3 Å². The van der Waals surface area contributed by atoms with E-state index in [9.17, 15) is 4.79 Å². The van der Waals surface area contributed by atoms with E-state index in [-0.39, 0.29) is 11.9 Å². The number of thiophene rings is 1. The van der Waals surface area contributed by atoms with Gasteiger partial charge < -0.3 is 5.32 Å². The second-order valence-electron chi connectivity index (χ2n) is 4.61. The highest BCUT2D eigenvalue weighted by atomic mass is 32.1. The fraction of sp³-hybridized carbons (Fsp3) is 0.385. The predicted molar refractivity (Wildman–Crippen MR) is 70.5 cm³/mol. The number of hydrogen-bond donors (Lipinski definition) is 1. The van der Waals surface area contributed by atoms with E-state index in [2.05, 4.69) is 10.4 Å². The lowest BCUT2D eigenvalue weighted by Gasteiger charge is -2.24. The second kappa shape index (κ2) is 4.94. The van der Waals surface area contributed by atoms with Crippen molar-refractivity contribution in [3.8, 4) is 0 Å². The highest BCUT2D eigenvalue weighted by Gasteiger charge is 2.20. The SMILES string of the molecule is O=C(Cc1ccsc1)N[C@@H]1CCn2nccc2C1. The maximum Gasteiger partial charge on any atom is 0.224 e. The lowest BCUT2D eigenvalue weighted by Crippen LogP contribution is -2.40. The Balaban J connectivity index is 1.56. The predicted octanol–water partition coefficient (Wildman–Crippen LogP) is 1.62. The van der Waals surface area contributed by atoms with Gasteiger partial charge >= 0.3 is 0 Å². The van der Waals surface area contributed by atoms with Gasteiger partial charge in [0.25, 0.3) is 0 Å². The van der Waals surface area contributed by atoms with Gasteiger partial charge in [0.15, 0.2) is 0 Å². The second-order valence-corrected chi connectivity index (χ2v) is 5.39. The van der Waals surface area contributed by atoms with E-state index < -0.39 is 0 Å². The molecular formula is C13H15N3OS. The third-order valence-electron chi connectivity index (χ3n) is 3.26. The molecule has 0 aromatic carbocycles. The van der Waals surface area contributed by atoms with Crippen LogP contribution in [0.2, 0.25) is 0 Å². The molecule has 0 bridgehead atoms. The van der Waals surface area contributed by atoms with Crippen molar-refractivity contribution < 1.29 is 4.79 Å². The number of carbonyl (C=O) groups is 1. The molecule has 0 spiro atoms. The van der Waals surface area contributed by atoms with Gasteiger partial charge in [0.05, 0.1) is 6.42 Å². The zero-order valence-corrected chi connectivity index (χ0v) is 10.8. The maximum atomic E-state index is 11.9. The number of amides is 1. The summed E-state index contributed by atoms with van der Waals surface area (Å²) < 4.78 is 2.02. The van der Waals surface area contributed by atoms with Gasteiger partial charge in [-0.25, -0.2) is 0 Å². The van der Waals surface area contributed by atoms with Crippen LogP contribution in [-0.4, -0.2) is 21.7 Å². The molecule has 0 saturated carbocycles. The first-order chi connectivity index (χ1) is 8.81. The van der Waals surface area contributed by atoms with Crippen LogP contribution in [-0.2, 0) is 24.2 Å². The van der Waals surface area contributed by atoms with E-state index in [4.69, 9.17) is 0 Å². The van der Waals surface area contributed by atoms with Crippen LogP contribution < -0.4 is 5.32 Å². The Bertz CT molecular complexity index is 532. The summed E-state index contributed by atoms with van der Waals surface area (Å²) in [7, 11) is 0. The van der Waals surface area contributed by atoms with Crippen molar-refractivity contribution >= 4 is 17.2 Å². The Hall–Kier alpha value is -1.62. The fourth-order valence-corrected chi connectivity index (χ4v) is 3.02. The number of aromatic nitrogens is 2. The molecule has 5 heteroatoms. The minimum absolute atomic E-state index is 0.117. The van der Waals surface area contributed by atoms with Gasteiger partial charge in [-0.1, -0.05) is 0 Å². The van der Waals surface area contributed by atoms with Crippen molar-refractivity contribution in [1.82, 2.24) is 15.1 Å². The lowest BCUT2D eigenvalue weighted by atomic mass is 10.0. The Morgan fingerprint density at radius 1 is 1.56 bits per heavy atom. The smallest absolute Gasteiger partial charge is 0.224 e. The molecule has 4 nitrogen and oxygen atoms in total. The largest absolute Gasteiger partial charge is 0.353 e. The van der Waals surface area contributed by atoms with Crippen LogP contribution in [0.15, 0.2) is 29.1 Å². The number of nitrogens with one attached hydrogen (secondary N) is 1. The zero-order valence-electron chi connectivity index (χ0n) is 10.0. The average Bonchev–Trinajstić information content (AvgIpc) is 2.98. The van der Waals surface area contributed by atoms with E-state index in [0.29, 0.717) is 6.42 Å². The van der Waals surface area contributed by atoms with E-state index in [1.54, 1.807) is 11.3 Å². The Morgan fingerprint density at radius 2 is 2.50 bits per heavy atom.